The smallest absolute Gasteiger partial charge is 0.485 e. The molecular weight excluding hydrogens is 295 g/mol. The fourth-order valence-electron chi connectivity index (χ4n) is 1.05. The summed E-state index contributed by atoms with van der Waals surface area (Å²) in [5.74, 6) is 0. The second-order valence-corrected chi connectivity index (χ2v) is 5.04. The zero-order chi connectivity index (χ0) is 15.8. The van der Waals surface area contributed by atoms with Gasteiger partial charge in [-0.1, -0.05) is 24.8 Å². The van der Waals surface area contributed by atoms with Gasteiger partial charge in [-0.2, -0.15) is 13.2 Å². The second kappa shape index (κ2) is 7.81. The van der Waals surface area contributed by atoms with E-state index in [4.69, 9.17) is 13.0 Å². The molecule has 0 amide bonds. The predicted octanol–water partition coefficient (Wildman–Crippen LogP) is 1.99. The van der Waals surface area contributed by atoms with Crippen molar-refractivity contribution in [1.29, 1.82) is 0 Å². The lowest BCUT2D eigenvalue weighted by Gasteiger charge is -2.08. The quantitative estimate of drug-likeness (QED) is 0.282. The molecule has 20 heavy (non-hydrogen) atoms. The Morgan fingerprint density at radius 3 is 2.10 bits per heavy atom. The van der Waals surface area contributed by atoms with Gasteiger partial charge < -0.3 is 4.55 Å². The minimum atomic E-state index is -6.09. The molecule has 4 nitrogen and oxygen atoms in total. The van der Waals surface area contributed by atoms with E-state index in [-0.39, 0.29) is 0 Å². The number of benzene rings is 1. The van der Waals surface area contributed by atoms with Gasteiger partial charge in [0.05, 0.1) is 0 Å². The first-order chi connectivity index (χ1) is 9.08. The number of hydrogen-bond donors (Lipinski definition) is 0. The summed E-state index contributed by atoms with van der Waals surface area (Å²) >= 11 is 0. The maximum Gasteiger partial charge on any atom is 0.485 e. The van der Waals surface area contributed by atoms with Crippen molar-refractivity contribution in [2.24, 2.45) is 0 Å². The van der Waals surface area contributed by atoms with Crippen LogP contribution in [0.4, 0.5) is 13.2 Å². The van der Waals surface area contributed by atoms with Crippen molar-refractivity contribution in [3.8, 4) is 0 Å². The van der Waals surface area contributed by atoms with Crippen LogP contribution >= 0.6 is 0 Å². The molecule has 0 aliphatic heterocycles. The first-order valence-electron chi connectivity index (χ1n) is 5.31. The molecule has 0 N–H and O–H groups in total. The first kappa shape index (κ1) is 18.3. The van der Waals surface area contributed by atoms with Gasteiger partial charge in [-0.3, -0.25) is 0 Å². The van der Waals surface area contributed by atoms with Gasteiger partial charge >= 0.3 is 5.51 Å². The maximum atomic E-state index is 10.7. The molecule has 0 spiro atoms. The molecule has 8 heteroatoms. The largest absolute Gasteiger partial charge is 0.741 e. The lowest BCUT2D eigenvalue weighted by molar-refractivity contribution is -0.480. The Bertz CT molecular complexity index is 551. The maximum absolute atomic E-state index is 10.7. The van der Waals surface area contributed by atoms with E-state index in [1.54, 1.807) is 0 Å². The normalized spacial score (nSPS) is 12.3. The molecule has 0 unspecified atom stereocenters. The SMILES string of the molecule is C=CC[N+](C)=Cc1ccccc1.O=S(=O)([O-])C(F)(F)F. The number of nitrogens with zero attached hydrogens (tertiary/aromatic N) is 1. The molecule has 0 saturated carbocycles. The highest BCUT2D eigenvalue weighted by Crippen LogP contribution is 2.20. The van der Waals surface area contributed by atoms with Crippen LogP contribution in [0.2, 0.25) is 0 Å². The van der Waals surface area contributed by atoms with Crippen molar-refractivity contribution >= 4 is 16.3 Å². The van der Waals surface area contributed by atoms with Crippen LogP contribution in [0, 0.1) is 0 Å². The number of halogens is 3. The van der Waals surface area contributed by atoms with E-state index in [1.165, 1.54) is 5.56 Å². The Morgan fingerprint density at radius 2 is 1.75 bits per heavy atom. The van der Waals surface area contributed by atoms with Crippen molar-refractivity contribution in [1.82, 2.24) is 0 Å². The third-order valence-electron chi connectivity index (χ3n) is 1.87. The standard InChI is InChI=1S/C11H14N.CHF3O3S/c1-3-9-12(2)10-11-7-5-4-6-8-11;2-1(3,4)8(5,6)7/h3-8,10H,1,9H2,2H3;(H,5,6,7)/q+1;/p-1. The zero-order valence-corrected chi connectivity index (χ0v) is 11.5. The third kappa shape index (κ3) is 7.70. The van der Waals surface area contributed by atoms with Gasteiger partial charge in [-0.25, -0.2) is 13.0 Å². The number of likely N-dealkylation sites (N-methyl/N-ethyl adjacent to an activating group) is 1. The highest BCUT2D eigenvalue weighted by molar-refractivity contribution is 7.86. The van der Waals surface area contributed by atoms with E-state index in [1.807, 2.05) is 31.3 Å². The van der Waals surface area contributed by atoms with Gasteiger partial charge in [0.1, 0.15) is 7.05 Å². The highest BCUT2D eigenvalue weighted by Gasteiger charge is 2.36. The fraction of sp³-hybridized carbons (Fsp3) is 0.250. The highest BCUT2D eigenvalue weighted by atomic mass is 32.2. The van der Waals surface area contributed by atoms with Crippen LogP contribution in [0.15, 0.2) is 43.0 Å². The number of hydrogen-bond acceptors (Lipinski definition) is 3. The van der Waals surface area contributed by atoms with Crippen molar-refractivity contribution in [3.05, 3.63) is 48.6 Å². The van der Waals surface area contributed by atoms with E-state index >= 15 is 0 Å². The van der Waals surface area contributed by atoms with Crippen molar-refractivity contribution in [2.45, 2.75) is 5.51 Å². The second-order valence-electron chi connectivity index (χ2n) is 3.67. The van der Waals surface area contributed by atoms with Crippen molar-refractivity contribution < 1.29 is 30.7 Å². The van der Waals surface area contributed by atoms with Crippen LogP contribution in [0.5, 0.6) is 0 Å². The fourth-order valence-corrected chi connectivity index (χ4v) is 1.05. The van der Waals surface area contributed by atoms with Crippen LogP contribution in [0.1, 0.15) is 5.56 Å². The summed E-state index contributed by atoms with van der Waals surface area (Å²) in [6.07, 6.45) is 3.99. The molecule has 0 atom stereocenters. The first-order valence-corrected chi connectivity index (χ1v) is 6.72. The topological polar surface area (TPSA) is 60.2 Å². The molecule has 0 aliphatic carbocycles. The van der Waals surface area contributed by atoms with Crippen LogP contribution in [0.3, 0.4) is 0 Å². The van der Waals surface area contributed by atoms with E-state index in [2.05, 4.69) is 29.5 Å². The predicted molar refractivity (Wildman–Crippen MR) is 68.6 cm³/mol. The lowest BCUT2D eigenvalue weighted by Crippen LogP contribution is -2.21. The van der Waals surface area contributed by atoms with Crippen molar-refractivity contribution in [2.75, 3.05) is 13.6 Å². The third-order valence-corrected chi connectivity index (χ3v) is 2.44. The molecular formula is C12H14F3NO3S. The van der Waals surface area contributed by atoms with Crippen LogP contribution < -0.4 is 0 Å². The van der Waals surface area contributed by atoms with E-state index in [9.17, 15) is 13.2 Å². The molecule has 0 fully saturated rings. The Balaban J connectivity index is 0.000000396. The lowest BCUT2D eigenvalue weighted by atomic mass is 10.2. The van der Waals surface area contributed by atoms with Gasteiger partial charge in [0, 0.05) is 5.56 Å². The Labute approximate surface area is 115 Å². The Kier molecular flexibility index (Phi) is 7.16. The van der Waals surface area contributed by atoms with Gasteiger partial charge in [0.15, 0.2) is 22.9 Å². The van der Waals surface area contributed by atoms with E-state index in [0.717, 1.165) is 6.54 Å². The summed E-state index contributed by atoms with van der Waals surface area (Å²) in [4.78, 5) is 0. The molecule has 1 aromatic rings. The minimum absolute atomic E-state index is 0.884. The van der Waals surface area contributed by atoms with Crippen LogP contribution in [-0.4, -0.2) is 42.9 Å². The summed E-state index contributed by atoms with van der Waals surface area (Å²) in [6, 6.07) is 10.3. The molecule has 112 valence electrons. The summed E-state index contributed by atoms with van der Waals surface area (Å²) in [6.45, 7) is 4.56. The molecule has 1 rings (SSSR count). The summed E-state index contributed by atoms with van der Waals surface area (Å²) in [5, 5.41) is 0. The molecule has 0 aromatic heterocycles. The average Bonchev–Trinajstić information content (AvgIpc) is 2.28. The average molecular weight is 309 g/mol. The minimum Gasteiger partial charge on any atom is -0.741 e. The summed E-state index contributed by atoms with van der Waals surface area (Å²) in [7, 11) is -4.05. The Hall–Kier alpha value is -1.67. The van der Waals surface area contributed by atoms with Crippen molar-refractivity contribution in [3.63, 3.8) is 0 Å². The summed E-state index contributed by atoms with van der Waals surface area (Å²) in [5.41, 5.74) is -4.42. The van der Waals surface area contributed by atoms with E-state index in [0.29, 0.717) is 0 Å². The van der Waals surface area contributed by atoms with E-state index < -0.39 is 15.6 Å². The van der Waals surface area contributed by atoms with Gasteiger partial charge in [0.25, 0.3) is 0 Å². The molecule has 1 aromatic carbocycles. The van der Waals surface area contributed by atoms with Gasteiger partial charge in [-0.05, 0) is 18.2 Å². The van der Waals surface area contributed by atoms with Gasteiger partial charge in [-0.15, -0.1) is 0 Å². The molecule has 0 aliphatic rings. The molecule has 0 bridgehead atoms. The molecule has 0 heterocycles. The Morgan fingerprint density at radius 1 is 1.30 bits per heavy atom. The zero-order valence-electron chi connectivity index (χ0n) is 10.7. The van der Waals surface area contributed by atoms with Gasteiger partial charge in [0.2, 0.25) is 0 Å². The monoisotopic (exact) mass is 309 g/mol. The molecule has 0 saturated heterocycles. The number of alkyl halides is 3. The molecule has 0 radical (unpaired) electrons. The number of rotatable bonds is 3. The van der Waals surface area contributed by atoms with Crippen LogP contribution in [-0.2, 0) is 10.1 Å². The van der Waals surface area contributed by atoms with Crippen LogP contribution in [0.25, 0.3) is 0 Å². The summed E-state index contributed by atoms with van der Waals surface area (Å²) < 4.78 is 61.0.